The maximum absolute atomic E-state index is 11.1. The van der Waals surface area contributed by atoms with Crippen molar-refractivity contribution in [1.82, 2.24) is 5.32 Å². The van der Waals surface area contributed by atoms with Crippen molar-refractivity contribution in [3.8, 4) is 0 Å². The average molecular weight is 192 g/mol. The molecule has 6 N–H and O–H groups in total. The minimum absolute atomic E-state index is 0.530. The normalized spacial score (nSPS) is 13.9. The molecule has 0 spiro atoms. The highest BCUT2D eigenvalue weighted by atomic mass is 16.3. The van der Waals surface area contributed by atoms with E-state index in [9.17, 15) is 4.79 Å². The minimum atomic E-state index is -1.38. The van der Waals surface area contributed by atoms with Crippen molar-refractivity contribution in [3.63, 3.8) is 0 Å². The van der Waals surface area contributed by atoms with Gasteiger partial charge in [-0.3, -0.25) is 4.79 Å². The Morgan fingerprint density at radius 2 is 1.77 bits per heavy atom. The van der Waals surface area contributed by atoms with Crippen LogP contribution in [0.4, 0.5) is 0 Å². The van der Waals surface area contributed by atoms with Crippen LogP contribution in [0, 0.1) is 0 Å². The molecule has 1 amide bonds. The van der Waals surface area contributed by atoms with Crippen LogP contribution in [0.1, 0.15) is 6.92 Å². The van der Waals surface area contributed by atoms with Gasteiger partial charge < -0.3 is 26.4 Å². The van der Waals surface area contributed by atoms with Gasteiger partial charge in [0, 0.05) is 0 Å². The fourth-order valence-corrected chi connectivity index (χ4v) is 0.644. The molecular weight excluding hydrogens is 176 g/mol. The van der Waals surface area contributed by atoms with Crippen LogP contribution in [0.5, 0.6) is 0 Å². The average Bonchev–Trinajstić information content (AvgIpc) is 2.14. The summed E-state index contributed by atoms with van der Waals surface area (Å²) in [5, 5.41) is 28.8. The third-order valence-corrected chi connectivity index (χ3v) is 1.71. The first-order chi connectivity index (χ1) is 6.01. The molecule has 0 fully saturated rings. The standard InChI is InChI=1S/C7H16N2O4/c1-5(8)6(13)9-7(2-10,3-11)4-12/h5,10-12H,2-4,8H2,1H3,(H,9,13)/t5-/m1/s1. The molecule has 0 radical (unpaired) electrons. The Balaban J connectivity index is 4.33. The number of hydrogen-bond acceptors (Lipinski definition) is 5. The molecule has 1 atom stereocenters. The molecule has 0 aliphatic carbocycles. The van der Waals surface area contributed by atoms with Gasteiger partial charge in [-0.2, -0.15) is 0 Å². The van der Waals surface area contributed by atoms with E-state index in [0.29, 0.717) is 0 Å². The third kappa shape index (κ3) is 3.27. The number of rotatable bonds is 5. The molecule has 0 aliphatic heterocycles. The van der Waals surface area contributed by atoms with Gasteiger partial charge in [0.2, 0.25) is 5.91 Å². The van der Waals surface area contributed by atoms with Crippen molar-refractivity contribution < 1.29 is 20.1 Å². The Labute approximate surface area is 76.4 Å². The van der Waals surface area contributed by atoms with E-state index in [0.717, 1.165) is 0 Å². The van der Waals surface area contributed by atoms with Crippen molar-refractivity contribution >= 4 is 5.91 Å². The third-order valence-electron chi connectivity index (χ3n) is 1.71. The van der Waals surface area contributed by atoms with Crippen LogP contribution in [-0.2, 0) is 4.79 Å². The van der Waals surface area contributed by atoms with E-state index in [1.54, 1.807) is 0 Å². The summed E-state index contributed by atoms with van der Waals surface area (Å²) in [7, 11) is 0. The van der Waals surface area contributed by atoms with E-state index >= 15 is 0 Å². The van der Waals surface area contributed by atoms with E-state index in [1.165, 1.54) is 6.92 Å². The fraction of sp³-hybridized carbons (Fsp3) is 0.857. The van der Waals surface area contributed by atoms with E-state index in [1.807, 2.05) is 0 Å². The molecule has 0 bridgehead atoms. The molecule has 13 heavy (non-hydrogen) atoms. The molecule has 6 nitrogen and oxygen atoms in total. The van der Waals surface area contributed by atoms with Gasteiger partial charge in [-0.05, 0) is 6.92 Å². The van der Waals surface area contributed by atoms with Crippen molar-refractivity contribution in [1.29, 1.82) is 0 Å². The Bertz CT molecular complexity index is 160. The van der Waals surface area contributed by atoms with Crippen molar-refractivity contribution in [2.75, 3.05) is 19.8 Å². The second-order valence-corrected chi connectivity index (χ2v) is 3.03. The first-order valence-electron chi connectivity index (χ1n) is 3.91. The highest BCUT2D eigenvalue weighted by Gasteiger charge is 2.30. The SMILES string of the molecule is C[C@@H](N)C(=O)NC(CO)(CO)CO. The lowest BCUT2D eigenvalue weighted by atomic mass is 10.0. The molecule has 78 valence electrons. The first-order valence-corrected chi connectivity index (χ1v) is 3.91. The second kappa shape index (κ2) is 5.13. The van der Waals surface area contributed by atoms with Crippen LogP contribution in [0.2, 0.25) is 0 Å². The van der Waals surface area contributed by atoms with Gasteiger partial charge in [0.1, 0.15) is 5.54 Å². The molecule has 0 aliphatic rings. The molecule has 0 heterocycles. The summed E-state index contributed by atoms with van der Waals surface area (Å²) in [6, 6.07) is -0.746. The molecule has 0 aromatic carbocycles. The van der Waals surface area contributed by atoms with E-state index in [4.69, 9.17) is 21.1 Å². The van der Waals surface area contributed by atoms with Crippen molar-refractivity contribution in [3.05, 3.63) is 0 Å². The zero-order valence-electron chi connectivity index (χ0n) is 7.53. The minimum Gasteiger partial charge on any atom is -0.394 e. The Hall–Kier alpha value is -0.690. The molecule has 0 aromatic heterocycles. The van der Waals surface area contributed by atoms with Gasteiger partial charge in [-0.1, -0.05) is 0 Å². The number of aliphatic hydroxyl groups excluding tert-OH is 3. The summed E-state index contributed by atoms with van der Waals surface area (Å²) < 4.78 is 0. The van der Waals surface area contributed by atoms with Gasteiger partial charge >= 0.3 is 0 Å². The maximum atomic E-state index is 11.1. The zero-order valence-corrected chi connectivity index (χ0v) is 7.53. The summed E-state index contributed by atoms with van der Waals surface area (Å²) >= 11 is 0. The number of aliphatic hydroxyl groups is 3. The van der Waals surface area contributed by atoms with E-state index in [2.05, 4.69) is 5.32 Å². The summed E-state index contributed by atoms with van der Waals surface area (Å²) in [5.41, 5.74) is 3.87. The zero-order chi connectivity index (χ0) is 10.5. The van der Waals surface area contributed by atoms with Crippen LogP contribution >= 0.6 is 0 Å². The number of nitrogens with one attached hydrogen (secondary N) is 1. The highest BCUT2D eigenvalue weighted by molar-refractivity contribution is 5.81. The molecule has 0 saturated heterocycles. The topological polar surface area (TPSA) is 116 Å². The molecule has 0 saturated carbocycles. The van der Waals surface area contributed by atoms with Crippen LogP contribution in [0.15, 0.2) is 0 Å². The van der Waals surface area contributed by atoms with Crippen LogP contribution in [-0.4, -0.2) is 52.6 Å². The fourth-order valence-electron chi connectivity index (χ4n) is 0.644. The predicted octanol–water partition coefficient (Wildman–Crippen LogP) is -2.83. The maximum Gasteiger partial charge on any atom is 0.237 e. The molecule has 0 unspecified atom stereocenters. The lowest BCUT2D eigenvalue weighted by Crippen LogP contribution is -2.59. The van der Waals surface area contributed by atoms with E-state index < -0.39 is 37.3 Å². The van der Waals surface area contributed by atoms with E-state index in [-0.39, 0.29) is 0 Å². The Kier molecular flexibility index (Phi) is 4.86. The Morgan fingerprint density at radius 1 is 1.38 bits per heavy atom. The molecule has 0 rings (SSSR count). The monoisotopic (exact) mass is 192 g/mol. The van der Waals surface area contributed by atoms with Gasteiger partial charge in [0.15, 0.2) is 0 Å². The number of carbonyl (C=O) groups is 1. The Morgan fingerprint density at radius 3 is 2.00 bits per heavy atom. The lowest BCUT2D eigenvalue weighted by Gasteiger charge is -2.29. The largest absolute Gasteiger partial charge is 0.394 e. The summed E-state index contributed by atoms with van der Waals surface area (Å²) in [5.74, 6) is -0.530. The van der Waals surface area contributed by atoms with Gasteiger partial charge in [0.25, 0.3) is 0 Å². The van der Waals surface area contributed by atoms with Crippen LogP contribution in [0.3, 0.4) is 0 Å². The van der Waals surface area contributed by atoms with Crippen LogP contribution in [0.25, 0.3) is 0 Å². The smallest absolute Gasteiger partial charge is 0.237 e. The van der Waals surface area contributed by atoms with Crippen molar-refractivity contribution in [2.45, 2.75) is 18.5 Å². The van der Waals surface area contributed by atoms with Gasteiger partial charge in [-0.25, -0.2) is 0 Å². The van der Waals surface area contributed by atoms with Crippen LogP contribution < -0.4 is 11.1 Å². The van der Waals surface area contributed by atoms with Gasteiger partial charge in [0.05, 0.1) is 25.9 Å². The molecular formula is C7H16N2O4. The summed E-state index contributed by atoms with van der Waals surface area (Å²) in [4.78, 5) is 11.1. The summed E-state index contributed by atoms with van der Waals surface area (Å²) in [6.07, 6.45) is 0. The second-order valence-electron chi connectivity index (χ2n) is 3.03. The van der Waals surface area contributed by atoms with Crippen molar-refractivity contribution in [2.24, 2.45) is 5.73 Å². The number of hydrogen-bond donors (Lipinski definition) is 5. The lowest BCUT2D eigenvalue weighted by molar-refractivity contribution is -0.126. The first kappa shape index (κ1) is 12.3. The van der Waals surface area contributed by atoms with Gasteiger partial charge in [-0.15, -0.1) is 0 Å². The number of carbonyl (C=O) groups excluding carboxylic acids is 1. The summed E-state index contributed by atoms with van der Waals surface area (Å²) in [6.45, 7) is -0.165. The predicted molar refractivity (Wildman–Crippen MR) is 45.8 cm³/mol. The highest BCUT2D eigenvalue weighted by Crippen LogP contribution is 2.01. The number of nitrogens with two attached hydrogens (primary N) is 1. The quantitative estimate of drug-likeness (QED) is 0.322. The molecule has 0 aromatic rings. The molecule has 6 heteroatoms. The number of amides is 1.